The Labute approximate surface area is 52.5 Å². The average Bonchev–Trinajstić information content (AvgIpc) is 1.72. The fourth-order valence-electron chi connectivity index (χ4n) is 0.143. The molecular formula is H7B2N3S2. The van der Waals surface area contributed by atoms with Crippen LogP contribution in [0.3, 0.4) is 0 Å². The second kappa shape index (κ2) is 4.86. The van der Waals surface area contributed by atoms with Gasteiger partial charge >= 0.3 is 0 Å². The zero-order chi connectivity index (χ0) is 5.70. The smallest absolute Gasteiger partial charge is 0.292 e. The topological polar surface area (TPSA) is 78.1 Å². The summed E-state index contributed by atoms with van der Waals surface area (Å²) in [5.41, 5.74) is 5.19. The third-order valence-corrected chi connectivity index (χ3v) is 2.15. The molecule has 0 saturated heterocycles. The van der Waals surface area contributed by atoms with E-state index in [4.69, 9.17) is 15.9 Å². The molecule has 0 spiro atoms. The van der Waals surface area contributed by atoms with Crippen molar-refractivity contribution in [3.8, 4) is 0 Å². The van der Waals surface area contributed by atoms with Crippen LogP contribution in [-0.4, -0.2) is 12.5 Å². The van der Waals surface area contributed by atoms with Gasteiger partial charge < -0.3 is 5.64 Å². The number of hydrogen-bond acceptors (Lipinski definition) is 5. The molecule has 3 nitrogen and oxygen atoms in total. The van der Waals surface area contributed by atoms with Crippen LogP contribution in [0.1, 0.15) is 0 Å². The Morgan fingerprint density at radius 2 is 1.71 bits per heavy atom. The molecule has 0 aromatic rings. The fraction of sp³-hybridized carbons (Fsp3) is 0. The predicted octanol–water partition coefficient (Wildman–Crippen LogP) is -1.50. The molecule has 0 amide bonds. The first kappa shape index (κ1) is 7.71. The van der Waals surface area contributed by atoms with Crippen LogP contribution in [0, 0.1) is 0 Å². The molecule has 40 valence electrons. The van der Waals surface area contributed by atoms with Gasteiger partial charge in [0, 0.05) is 0 Å². The van der Waals surface area contributed by atoms with Crippen LogP contribution in [0.4, 0.5) is 0 Å². The van der Waals surface area contributed by atoms with E-state index in [1.807, 2.05) is 0 Å². The minimum atomic E-state index is 0.153. The largest absolute Gasteiger partial charge is 0.377 e. The van der Waals surface area contributed by atoms with Crippen LogP contribution in [0.25, 0.3) is 0 Å². The number of rotatable bonds is 3. The van der Waals surface area contributed by atoms with Crippen molar-refractivity contribution in [2.75, 3.05) is 0 Å². The standard InChI is InChI=1S/B2H7N3S2/c3-1-2(6-4)7-5/h1H,3-5H2. The highest BCUT2D eigenvalue weighted by Crippen LogP contribution is 2.02. The van der Waals surface area contributed by atoms with Crippen LogP contribution in [0.15, 0.2) is 0 Å². The highest BCUT2D eigenvalue weighted by Gasteiger charge is 2.09. The molecule has 0 fully saturated rings. The third-order valence-electron chi connectivity index (χ3n) is 0.496. The zero-order valence-corrected chi connectivity index (χ0v) is 5.47. The van der Waals surface area contributed by atoms with Crippen molar-refractivity contribution in [1.29, 1.82) is 0 Å². The molecule has 0 aliphatic heterocycles. The van der Waals surface area contributed by atoms with Gasteiger partial charge in [0.2, 0.25) is 0 Å². The zero-order valence-electron chi connectivity index (χ0n) is 3.83. The Hall–Kier alpha value is 0.710. The monoisotopic (exact) mass is 135 g/mol. The minimum Gasteiger partial charge on any atom is -0.377 e. The summed E-state index contributed by atoms with van der Waals surface area (Å²) in [5.74, 6) is 0. The van der Waals surface area contributed by atoms with Crippen LogP contribution >= 0.6 is 23.6 Å². The van der Waals surface area contributed by atoms with Gasteiger partial charge in [-0.1, -0.05) is 0 Å². The maximum absolute atomic E-state index is 5.19. The summed E-state index contributed by atoms with van der Waals surface area (Å²) in [6.45, 7) is 0. The first-order valence-corrected chi connectivity index (χ1v) is 3.64. The molecule has 0 rings (SSSR count). The molecule has 0 radical (unpaired) electrons. The maximum Gasteiger partial charge on any atom is 0.292 e. The van der Waals surface area contributed by atoms with E-state index >= 15 is 0 Å². The molecule has 0 bridgehead atoms. The highest BCUT2D eigenvalue weighted by atomic mass is 32.2. The maximum atomic E-state index is 5.19. The molecule has 0 aliphatic rings. The molecule has 0 aliphatic carbocycles. The van der Waals surface area contributed by atoms with Gasteiger partial charge in [-0.05, 0) is 0 Å². The van der Waals surface area contributed by atoms with E-state index in [1.54, 1.807) is 0 Å². The summed E-state index contributed by atoms with van der Waals surface area (Å²) in [5, 5.41) is 10.4. The molecule has 7 heavy (non-hydrogen) atoms. The van der Waals surface area contributed by atoms with Crippen molar-refractivity contribution in [2.45, 2.75) is 0 Å². The van der Waals surface area contributed by atoms with E-state index < -0.39 is 0 Å². The number of nitrogens with two attached hydrogens (primary N) is 3. The van der Waals surface area contributed by atoms with Crippen molar-refractivity contribution in [3.05, 3.63) is 0 Å². The Kier molecular flexibility index (Phi) is 5.35. The van der Waals surface area contributed by atoms with Crippen LogP contribution < -0.4 is 15.9 Å². The molecule has 0 unspecified atom stereocenters. The van der Waals surface area contributed by atoms with Gasteiger partial charge in [-0.25, -0.2) is 0 Å². The molecule has 6 N–H and O–H groups in total. The Bertz CT molecular complexity index is 32.4. The Morgan fingerprint density at radius 3 is 1.71 bits per heavy atom. The van der Waals surface area contributed by atoms with E-state index in [9.17, 15) is 0 Å². The molecule has 7 heteroatoms. The van der Waals surface area contributed by atoms with E-state index in [1.165, 1.54) is 23.6 Å². The first-order valence-electron chi connectivity index (χ1n) is 1.76. The van der Waals surface area contributed by atoms with Gasteiger partial charge in [0.25, 0.3) is 5.16 Å². The minimum absolute atomic E-state index is 0.153. The molecule has 0 aromatic carbocycles. The van der Waals surface area contributed by atoms with Crippen LogP contribution in [-0.2, 0) is 0 Å². The predicted molar refractivity (Wildman–Crippen MR) is 40.6 cm³/mol. The second-order valence-corrected chi connectivity index (χ2v) is 2.92. The van der Waals surface area contributed by atoms with Gasteiger partial charge in [0.05, 0.1) is 0 Å². The van der Waals surface area contributed by atoms with Crippen LogP contribution in [0.2, 0.25) is 0 Å². The van der Waals surface area contributed by atoms with Crippen molar-refractivity contribution >= 4 is 36.1 Å². The van der Waals surface area contributed by atoms with E-state index in [0.29, 0.717) is 7.31 Å². The third kappa shape index (κ3) is 3.31. The summed E-state index contributed by atoms with van der Waals surface area (Å²) in [7, 11) is 0.530. The fourth-order valence-corrected chi connectivity index (χ4v) is 0.622. The van der Waals surface area contributed by atoms with Gasteiger partial charge in [0.15, 0.2) is 7.31 Å². The average molecular weight is 135 g/mol. The van der Waals surface area contributed by atoms with E-state index in [2.05, 4.69) is 0 Å². The van der Waals surface area contributed by atoms with Gasteiger partial charge in [0.1, 0.15) is 0 Å². The van der Waals surface area contributed by atoms with Gasteiger partial charge in [-0.3, -0.25) is 10.3 Å². The van der Waals surface area contributed by atoms with Crippen molar-refractivity contribution in [1.82, 2.24) is 0 Å². The molecule has 0 atom stereocenters. The lowest BCUT2D eigenvalue weighted by Gasteiger charge is -1.97. The van der Waals surface area contributed by atoms with E-state index in [-0.39, 0.29) is 5.16 Å². The molecule has 0 aromatic heterocycles. The normalized spacial score (nSPS) is 8.43. The second-order valence-electron chi connectivity index (χ2n) is 0.937. The summed E-state index contributed by atoms with van der Waals surface area (Å²) in [6, 6.07) is 0. The van der Waals surface area contributed by atoms with E-state index in [0.717, 1.165) is 0 Å². The summed E-state index contributed by atoms with van der Waals surface area (Å²) < 4.78 is 0. The van der Waals surface area contributed by atoms with Gasteiger partial charge in [-0.2, -0.15) is 0 Å². The molecule has 0 saturated carbocycles. The lowest BCUT2D eigenvalue weighted by molar-refractivity contribution is 1.97. The number of hydrogen-bond donors (Lipinski definition) is 3. The van der Waals surface area contributed by atoms with Gasteiger partial charge in [-0.15, -0.1) is 23.6 Å². The molecular weight excluding hydrogens is 128 g/mol. The molecule has 0 heterocycles. The Morgan fingerprint density at radius 1 is 1.29 bits per heavy atom. The van der Waals surface area contributed by atoms with Crippen molar-refractivity contribution < 1.29 is 0 Å². The lowest BCUT2D eigenvalue weighted by Crippen LogP contribution is -2.26. The summed E-state index contributed by atoms with van der Waals surface area (Å²) >= 11 is 2.37. The van der Waals surface area contributed by atoms with Crippen LogP contribution in [0.5, 0.6) is 0 Å². The highest BCUT2D eigenvalue weighted by molar-refractivity contribution is 8.57. The first-order chi connectivity index (χ1) is 3.35. The quantitative estimate of drug-likeness (QED) is 0.324. The SMILES string of the molecule is NBB(SN)SN. The summed E-state index contributed by atoms with van der Waals surface area (Å²) in [6.07, 6.45) is 0. The lowest BCUT2D eigenvalue weighted by atomic mass is 9.65. The van der Waals surface area contributed by atoms with Crippen molar-refractivity contribution in [3.63, 3.8) is 0 Å². The Balaban J connectivity index is 2.99. The summed E-state index contributed by atoms with van der Waals surface area (Å²) in [4.78, 5) is 0. The van der Waals surface area contributed by atoms with Crippen molar-refractivity contribution in [2.24, 2.45) is 15.9 Å².